The molecule has 0 spiro atoms. The second-order valence-electron chi connectivity index (χ2n) is 9.09. The first-order chi connectivity index (χ1) is 14.1. The molecule has 2 rings (SSSR count). The summed E-state index contributed by atoms with van der Waals surface area (Å²) in [5.41, 5.74) is -1.84. The van der Waals surface area contributed by atoms with Crippen LogP contribution < -0.4 is 0 Å². The number of carbonyl (C=O) groups excluding carboxylic acids is 1. The highest BCUT2D eigenvalue weighted by molar-refractivity contribution is 7.89. The van der Waals surface area contributed by atoms with E-state index in [1.807, 2.05) is 13.8 Å². The summed E-state index contributed by atoms with van der Waals surface area (Å²) in [6.45, 7) is 9.39. The largest absolute Gasteiger partial charge is 0.444 e. The van der Waals surface area contributed by atoms with Crippen LogP contribution in [-0.4, -0.2) is 55.0 Å². The molecule has 0 N–H and O–H groups in total. The van der Waals surface area contributed by atoms with E-state index in [1.54, 1.807) is 20.8 Å². The number of piperidine rings is 1. The summed E-state index contributed by atoms with van der Waals surface area (Å²) < 4.78 is 72.8. The molecule has 1 aliphatic rings. The first-order valence-corrected chi connectivity index (χ1v) is 11.7. The van der Waals surface area contributed by atoms with E-state index in [9.17, 15) is 26.4 Å². The highest BCUT2D eigenvalue weighted by atomic mass is 32.2. The summed E-state index contributed by atoms with van der Waals surface area (Å²) in [6.07, 6.45) is -4.11. The fraction of sp³-hybridized carbons (Fsp3) is 0.667. The Morgan fingerprint density at radius 1 is 1.23 bits per heavy atom. The van der Waals surface area contributed by atoms with Crippen molar-refractivity contribution < 1.29 is 31.1 Å². The number of sulfonamides is 1. The summed E-state index contributed by atoms with van der Waals surface area (Å²) >= 11 is 0. The van der Waals surface area contributed by atoms with Gasteiger partial charge < -0.3 is 9.64 Å². The van der Waals surface area contributed by atoms with Gasteiger partial charge in [0.25, 0.3) is 0 Å². The summed E-state index contributed by atoms with van der Waals surface area (Å²) in [5, 5.41) is 0. The maximum atomic E-state index is 13.4. The van der Waals surface area contributed by atoms with Crippen molar-refractivity contribution in [1.29, 1.82) is 0 Å². The fourth-order valence-corrected chi connectivity index (χ4v) is 5.32. The number of nitrogens with zero attached hydrogens (tertiary/aromatic N) is 2. The molecule has 1 saturated heterocycles. The van der Waals surface area contributed by atoms with Gasteiger partial charge in [-0.25, -0.2) is 13.2 Å². The van der Waals surface area contributed by atoms with E-state index >= 15 is 0 Å². The molecule has 0 aliphatic carbocycles. The van der Waals surface area contributed by atoms with E-state index in [-0.39, 0.29) is 31.6 Å². The van der Waals surface area contributed by atoms with Gasteiger partial charge in [-0.05, 0) is 65.5 Å². The Morgan fingerprint density at radius 2 is 1.84 bits per heavy atom. The van der Waals surface area contributed by atoms with Gasteiger partial charge in [-0.15, -0.1) is 0 Å². The van der Waals surface area contributed by atoms with Gasteiger partial charge in [-0.2, -0.15) is 17.5 Å². The molecule has 31 heavy (non-hydrogen) atoms. The van der Waals surface area contributed by atoms with Crippen LogP contribution in [-0.2, 0) is 20.9 Å². The van der Waals surface area contributed by atoms with Crippen LogP contribution >= 0.6 is 0 Å². The molecule has 1 heterocycles. The lowest BCUT2D eigenvalue weighted by Gasteiger charge is -2.37. The SMILES string of the molecule is CC(C)N(CC1CCCN(S(=O)(=O)c2ccccc2C(F)(F)F)C1)C(=O)OC(C)(C)C. The van der Waals surface area contributed by atoms with Crippen LogP contribution in [0.3, 0.4) is 0 Å². The Hall–Kier alpha value is -1.81. The monoisotopic (exact) mass is 464 g/mol. The van der Waals surface area contributed by atoms with Gasteiger partial charge in [-0.3, -0.25) is 0 Å². The molecule has 0 radical (unpaired) electrons. The standard InChI is InChI=1S/C21H31F3N2O4S/c1-15(2)26(19(27)30-20(3,4)5)14-16-9-8-12-25(13-16)31(28,29)18-11-7-6-10-17(18)21(22,23)24/h6-7,10-11,15-16H,8-9,12-14H2,1-5H3. The van der Waals surface area contributed by atoms with Gasteiger partial charge in [-0.1, -0.05) is 12.1 Å². The molecular weight excluding hydrogens is 433 g/mol. The second-order valence-corrected chi connectivity index (χ2v) is 11.0. The Morgan fingerprint density at radius 3 is 2.39 bits per heavy atom. The van der Waals surface area contributed by atoms with E-state index in [1.165, 1.54) is 17.0 Å². The summed E-state index contributed by atoms with van der Waals surface area (Å²) in [6, 6.07) is 4.04. The predicted molar refractivity (Wildman–Crippen MR) is 111 cm³/mol. The summed E-state index contributed by atoms with van der Waals surface area (Å²) in [4.78, 5) is 13.4. The van der Waals surface area contributed by atoms with Crippen molar-refractivity contribution in [1.82, 2.24) is 9.21 Å². The van der Waals surface area contributed by atoms with Crippen LogP contribution in [0.1, 0.15) is 53.0 Å². The smallest absolute Gasteiger partial charge is 0.417 e. The summed E-state index contributed by atoms with van der Waals surface area (Å²) in [5.74, 6) is -0.212. The average molecular weight is 465 g/mol. The Kier molecular flexibility index (Phi) is 7.68. The molecule has 1 aromatic rings. The van der Waals surface area contributed by atoms with Crippen molar-refractivity contribution in [2.45, 2.75) is 70.2 Å². The van der Waals surface area contributed by atoms with Crippen molar-refractivity contribution in [3.63, 3.8) is 0 Å². The number of alkyl halides is 3. The van der Waals surface area contributed by atoms with Gasteiger partial charge in [0.1, 0.15) is 5.60 Å². The first kappa shape index (κ1) is 25.5. The molecule has 176 valence electrons. The van der Waals surface area contributed by atoms with Gasteiger partial charge in [0.15, 0.2) is 0 Å². The minimum Gasteiger partial charge on any atom is -0.444 e. The zero-order valence-corrected chi connectivity index (χ0v) is 19.4. The van der Waals surface area contributed by atoms with E-state index in [4.69, 9.17) is 4.74 Å². The fourth-order valence-electron chi connectivity index (χ4n) is 3.55. The van der Waals surface area contributed by atoms with Crippen molar-refractivity contribution in [3.05, 3.63) is 29.8 Å². The van der Waals surface area contributed by atoms with Crippen LogP contribution in [0.5, 0.6) is 0 Å². The third kappa shape index (κ3) is 6.58. The minimum atomic E-state index is -4.77. The molecule has 0 bridgehead atoms. The number of rotatable bonds is 5. The lowest BCUT2D eigenvalue weighted by Crippen LogP contribution is -2.48. The molecule has 1 fully saturated rings. The molecule has 10 heteroatoms. The predicted octanol–water partition coefficient (Wildman–Crippen LogP) is 4.75. The van der Waals surface area contributed by atoms with E-state index in [0.717, 1.165) is 16.4 Å². The average Bonchev–Trinajstić information content (AvgIpc) is 2.64. The molecule has 1 aromatic carbocycles. The molecule has 1 aliphatic heterocycles. The quantitative estimate of drug-likeness (QED) is 0.631. The van der Waals surface area contributed by atoms with Gasteiger partial charge in [0.05, 0.1) is 10.5 Å². The minimum absolute atomic E-state index is 0.0422. The summed E-state index contributed by atoms with van der Waals surface area (Å²) in [7, 11) is -4.34. The molecule has 0 saturated carbocycles. The first-order valence-electron chi connectivity index (χ1n) is 10.3. The van der Waals surface area contributed by atoms with Gasteiger partial charge in [0, 0.05) is 25.7 Å². The third-order valence-corrected chi connectivity index (χ3v) is 6.92. The normalized spacial score (nSPS) is 18.8. The van der Waals surface area contributed by atoms with E-state index < -0.39 is 38.4 Å². The van der Waals surface area contributed by atoms with Gasteiger partial charge >= 0.3 is 12.3 Å². The van der Waals surface area contributed by atoms with E-state index in [2.05, 4.69) is 0 Å². The number of carbonyl (C=O) groups is 1. The third-order valence-electron chi connectivity index (χ3n) is 5.00. The zero-order chi connectivity index (χ0) is 23.6. The lowest BCUT2D eigenvalue weighted by molar-refractivity contribution is -0.139. The molecule has 0 aromatic heterocycles. The molecule has 1 atom stereocenters. The van der Waals surface area contributed by atoms with Crippen LogP contribution in [0.2, 0.25) is 0 Å². The number of hydrogen-bond acceptors (Lipinski definition) is 4. The molecule has 6 nitrogen and oxygen atoms in total. The highest BCUT2D eigenvalue weighted by Gasteiger charge is 2.40. The van der Waals surface area contributed by atoms with E-state index in [0.29, 0.717) is 12.8 Å². The number of halogens is 3. The number of ether oxygens (including phenoxy) is 1. The zero-order valence-electron chi connectivity index (χ0n) is 18.6. The van der Waals surface area contributed by atoms with Crippen LogP contribution in [0.4, 0.5) is 18.0 Å². The highest BCUT2D eigenvalue weighted by Crippen LogP contribution is 2.36. The Labute approximate surface area is 182 Å². The number of hydrogen-bond donors (Lipinski definition) is 0. The lowest BCUT2D eigenvalue weighted by atomic mass is 9.98. The van der Waals surface area contributed by atoms with Crippen molar-refractivity contribution in [3.8, 4) is 0 Å². The van der Waals surface area contributed by atoms with Crippen LogP contribution in [0.15, 0.2) is 29.2 Å². The topological polar surface area (TPSA) is 66.9 Å². The maximum absolute atomic E-state index is 13.4. The molecule has 1 amide bonds. The van der Waals surface area contributed by atoms with Crippen LogP contribution in [0.25, 0.3) is 0 Å². The maximum Gasteiger partial charge on any atom is 0.417 e. The van der Waals surface area contributed by atoms with Crippen molar-refractivity contribution >= 4 is 16.1 Å². The van der Waals surface area contributed by atoms with Gasteiger partial charge in [0.2, 0.25) is 10.0 Å². The number of benzene rings is 1. The van der Waals surface area contributed by atoms with Crippen molar-refractivity contribution in [2.75, 3.05) is 19.6 Å². The second kappa shape index (κ2) is 9.36. The number of amides is 1. The van der Waals surface area contributed by atoms with Crippen molar-refractivity contribution in [2.24, 2.45) is 5.92 Å². The Balaban J connectivity index is 2.23. The molecule has 1 unspecified atom stereocenters. The van der Waals surface area contributed by atoms with Crippen LogP contribution in [0, 0.1) is 5.92 Å². The Bertz CT molecular complexity index is 879. The molecular formula is C21H31F3N2O4S.